The lowest BCUT2D eigenvalue weighted by Gasteiger charge is -2.39. The van der Waals surface area contributed by atoms with Gasteiger partial charge in [-0.2, -0.15) is 0 Å². The fourth-order valence-corrected chi connectivity index (χ4v) is 7.59. The number of nitrogens with zero attached hydrogens (tertiary/aromatic N) is 2. The third-order valence-corrected chi connectivity index (χ3v) is 10.0. The van der Waals surface area contributed by atoms with Crippen LogP contribution in [0.15, 0.2) is 132 Å². The number of benzene rings is 5. The molecule has 5 aromatic carbocycles. The van der Waals surface area contributed by atoms with Gasteiger partial charge < -0.3 is 28.8 Å². The van der Waals surface area contributed by atoms with E-state index in [4.69, 9.17) is 13.9 Å². The number of ether oxygens (including phenoxy) is 2. The van der Waals surface area contributed by atoms with E-state index in [0.717, 1.165) is 21.7 Å². The molecule has 3 atom stereocenters. The van der Waals surface area contributed by atoms with Gasteiger partial charge >= 0.3 is 5.97 Å². The van der Waals surface area contributed by atoms with Gasteiger partial charge in [-0.15, -0.1) is 6.58 Å². The van der Waals surface area contributed by atoms with Crippen molar-refractivity contribution >= 4 is 45.2 Å². The van der Waals surface area contributed by atoms with Crippen molar-refractivity contribution in [2.24, 2.45) is 0 Å². The maximum absolute atomic E-state index is 14.9. The molecule has 1 aliphatic heterocycles. The van der Waals surface area contributed by atoms with E-state index in [2.05, 4.69) is 6.58 Å². The minimum atomic E-state index is -0.918. The predicted molar refractivity (Wildman–Crippen MR) is 213 cm³/mol. The molecule has 0 spiro atoms. The molecule has 0 fully saturated rings. The number of halogens is 1. The summed E-state index contributed by atoms with van der Waals surface area (Å²) >= 11 is 0. The number of esters is 1. The van der Waals surface area contributed by atoms with Crippen LogP contribution < -0.4 is 9.64 Å². The molecule has 1 N–H and O–H groups in total. The normalized spacial score (nSPS) is 15.4. The summed E-state index contributed by atoms with van der Waals surface area (Å²) in [4.78, 5) is 45.8. The number of carbonyl (C=O) groups is 3. The van der Waals surface area contributed by atoms with Crippen LogP contribution in [0.25, 0.3) is 21.7 Å². The fraction of sp³-hybridized carbons (Fsp3) is 0.239. The summed E-state index contributed by atoms with van der Waals surface area (Å²) in [5.74, 6) is -0.585. The van der Waals surface area contributed by atoms with E-state index in [1.807, 2.05) is 78.9 Å². The number of hydrogen-bond acceptors (Lipinski definition) is 7. The third kappa shape index (κ3) is 8.35. The Morgan fingerprint density at radius 3 is 2.36 bits per heavy atom. The molecule has 9 nitrogen and oxygen atoms in total. The minimum absolute atomic E-state index is 0.00149. The number of aliphatic hydroxyl groups is 1. The van der Waals surface area contributed by atoms with Crippen molar-refractivity contribution in [1.29, 1.82) is 0 Å². The van der Waals surface area contributed by atoms with Gasteiger partial charge in [0.25, 0.3) is 0 Å². The second-order valence-corrected chi connectivity index (χ2v) is 14.0. The van der Waals surface area contributed by atoms with E-state index in [1.165, 1.54) is 19.1 Å². The number of amides is 2. The van der Waals surface area contributed by atoms with E-state index in [1.54, 1.807) is 40.1 Å². The Balaban J connectivity index is 1.38. The van der Waals surface area contributed by atoms with Gasteiger partial charge in [0, 0.05) is 43.0 Å². The van der Waals surface area contributed by atoms with Gasteiger partial charge in [0.15, 0.2) is 0 Å². The monoisotopic (exact) mass is 754 g/mol. The molecule has 286 valence electrons. The fourth-order valence-electron chi connectivity index (χ4n) is 7.59. The SMILES string of the molecule is C=CCC(OC(C)=O)[C@@H]1[C@@H](N(Cc2cc3ccccc3o2)C(=O)Cc2ccc(F)cc2)c2cc(OCCCO)ccc2N1C(=O)Cc1ccc2ccccc2c1. The summed E-state index contributed by atoms with van der Waals surface area (Å²) in [6.45, 7) is 5.45. The minimum Gasteiger partial charge on any atom is -0.493 e. The van der Waals surface area contributed by atoms with E-state index < -0.39 is 30.0 Å². The highest BCUT2D eigenvalue weighted by atomic mass is 19.1. The molecule has 0 radical (unpaired) electrons. The van der Waals surface area contributed by atoms with Crippen LogP contribution in [0.5, 0.6) is 5.75 Å². The van der Waals surface area contributed by atoms with Crippen molar-refractivity contribution in [3.8, 4) is 5.75 Å². The molecular weight excluding hydrogens is 712 g/mol. The van der Waals surface area contributed by atoms with Crippen LogP contribution in [0.3, 0.4) is 0 Å². The van der Waals surface area contributed by atoms with Gasteiger partial charge in [0.1, 0.15) is 29.0 Å². The second kappa shape index (κ2) is 17.0. The zero-order valence-corrected chi connectivity index (χ0v) is 31.1. The number of hydrogen-bond donors (Lipinski definition) is 1. The topological polar surface area (TPSA) is 110 Å². The van der Waals surface area contributed by atoms with Crippen LogP contribution in [-0.2, 0) is 38.5 Å². The standard InChI is InChI=1S/C46H43FN2O7/c1-3-9-42(55-30(2)51)46-45(48(43(52)25-31-15-18-36(47)19-16-31)29-38-27-35-12-6-7-13-41(35)56-38)39-28-37(54-23-8-22-50)20-21-40(39)49(46)44(53)26-32-14-17-33-10-4-5-11-34(33)24-32/h3-7,10-21,24,27-28,42,45-46,50H,1,8-9,22-23,25-26,29H2,2H3/t42?,45-,46+/m0/s1. The van der Waals surface area contributed by atoms with Crippen LogP contribution in [0.4, 0.5) is 10.1 Å². The average molecular weight is 755 g/mol. The lowest BCUT2D eigenvalue weighted by atomic mass is 9.94. The van der Waals surface area contributed by atoms with Gasteiger partial charge in [0.05, 0.1) is 38.1 Å². The molecule has 1 unspecified atom stereocenters. The summed E-state index contributed by atoms with van der Waals surface area (Å²) in [5.41, 5.74) is 3.17. The Morgan fingerprint density at radius 1 is 0.893 bits per heavy atom. The van der Waals surface area contributed by atoms with Crippen molar-refractivity contribution < 1.29 is 37.8 Å². The number of furan rings is 1. The summed E-state index contributed by atoms with van der Waals surface area (Å²) in [7, 11) is 0. The van der Waals surface area contributed by atoms with Crippen LogP contribution in [0, 0.1) is 5.82 Å². The van der Waals surface area contributed by atoms with Crippen LogP contribution in [-0.4, -0.2) is 53.1 Å². The van der Waals surface area contributed by atoms with Crippen molar-refractivity contribution in [2.45, 2.75) is 57.3 Å². The highest BCUT2D eigenvalue weighted by Crippen LogP contribution is 2.48. The van der Waals surface area contributed by atoms with Crippen molar-refractivity contribution in [2.75, 3.05) is 18.1 Å². The average Bonchev–Trinajstić information content (AvgIpc) is 3.76. The highest BCUT2D eigenvalue weighted by molar-refractivity contribution is 5.99. The van der Waals surface area contributed by atoms with Gasteiger partial charge in [-0.25, -0.2) is 4.39 Å². The largest absolute Gasteiger partial charge is 0.493 e. The number of rotatable bonds is 15. The molecule has 1 aromatic heterocycles. The number of fused-ring (bicyclic) bond motifs is 3. The smallest absolute Gasteiger partial charge is 0.302 e. The first-order chi connectivity index (χ1) is 27.2. The van der Waals surface area contributed by atoms with Crippen LogP contribution in [0.1, 0.15) is 48.3 Å². The van der Waals surface area contributed by atoms with Gasteiger partial charge in [0.2, 0.25) is 11.8 Å². The van der Waals surface area contributed by atoms with Gasteiger partial charge in [-0.3, -0.25) is 14.4 Å². The molecule has 0 saturated heterocycles. The summed E-state index contributed by atoms with van der Waals surface area (Å²) in [6, 6.07) is 32.5. The lowest BCUT2D eigenvalue weighted by molar-refractivity contribution is -0.149. The molecule has 7 rings (SSSR count). The Hall–Kier alpha value is -6.26. The first-order valence-corrected chi connectivity index (χ1v) is 18.7. The van der Waals surface area contributed by atoms with E-state index in [9.17, 15) is 23.9 Å². The Labute approximate surface area is 324 Å². The summed E-state index contributed by atoms with van der Waals surface area (Å²) in [5, 5.41) is 12.3. The predicted octanol–water partition coefficient (Wildman–Crippen LogP) is 8.26. The molecule has 0 aliphatic carbocycles. The molecule has 2 amide bonds. The molecular formula is C46H43FN2O7. The Bertz CT molecular complexity index is 2340. The van der Waals surface area contributed by atoms with Gasteiger partial charge in [-0.1, -0.05) is 78.9 Å². The first kappa shape index (κ1) is 38.0. The maximum atomic E-state index is 14.9. The Morgan fingerprint density at radius 2 is 1.62 bits per heavy atom. The summed E-state index contributed by atoms with van der Waals surface area (Å²) < 4.78 is 32.3. The molecule has 0 bridgehead atoms. The van der Waals surface area contributed by atoms with Crippen LogP contribution >= 0.6 is 0 Å². The van der Waals surface area contributed by atoms with Crippen LogP contribution in [0.2, 0.25) is 0 Å². The first-order valence-electron chi connectivity index (χ1n) is 18.7. The molecule has 2 heterocycles. The van der Waals surface area contributed by atoms with E-state index in [-0.39, 0.29) is 50.8 Å². The number of anilines is 1. The van der Waals surface area contributed by atoms with E-state index in [0.29, 0.717) is 40.3 Å². The zero-order chi connectivity index (χ0) is 39.2. The molecule has 1 aliphatic rings. The number of carbonyl (C=O) groups excluding carboxylic acids is 3. The number of para-hydroxylation sites is 1. The van der Waals surface area contributed by atoms with Crippen molar-refractivity contribution in [3.05, 3.63) is 156 Å². The second-order valence-electron chi connectivity index (χ2n) is 14.0. The molecule has 0 saturated carbocycles. The van der Waals surface area contributed by atoms with Crippen molar-refractivity contribution in [1.82, 2.24) is 4.90 Å². The molecule has 6 aromatic rings. The van der Waals surface area contributed by atoms with Gasteiger partial charge in [-0.05, 0) is 64.4 Å². The quantitative estimate of drug-likeness (QED) is 0.0639. The third-order valence-electron chi connectivity index (χ3n) is 10.0. The summed E-state index contributed by atoms with van der Waals surface area (Å²) in [6.07, 6.45) is 1.24. The zero-order valence-electron chi connectivity index (χ0n) is 31.1. The Kier molecular flexibility index (Phi) is 11.6. The molecule has 56 heavy (non-hydrogen) atoms. The molecule has 10 heteroatoms. The highest BCUT2D eigenvalue weighted by Gasteiger charge is 2.50. The van der Waals surface area contributed by atoms with Crippen molar-refractivity contribution in [3.63, 3.8) is 0 Å². The maximum Gasteiger partial charge on any atom is 0.302 e. The lowest BCUT2D eigenvalue weighted by Crippen LogP contribution is -2.53. The number of aliphatic hydroxyl groups excluding tert-OH is 1. The van der Waals surface area contributed by atoms with E-state index >= 15 is 0 Å².